The van der Waals surface area contributed by atoms with Gasteiger partial charge in [0.15, 0.2) is 0 Å². The molecule has 0 aliphatic carbocycles. The second-order valence-corrected chi connectivity index (χ2v) is 5.16. The zero-order chi connectivity index (χ0) is 17.5. The number of carbonyl (C=O) groups excluding carboxylic acids is 1. The number of terminal acetylenes is 1. The van der Waals surface area contributed by atoms with Crippen LogP contribution in [0.5, 0.6) is 0 Å². The molecule has 1 fully saturated rings. The van der Waals surface area contributed by atoms with Gasteiger partial charge in [0.2, 0.25) is 5.91 Å². The van der Waals surface area contributed by atoms with Crippen molar-refractivity contribution in [1.29, 1.82) is 0 Å². The van der Waals surface area contributed by atoms with E-state index < -0.39 is 24.6 Å². The van der Waals surface area contributed by atoms with Gasteiger partial charge in [-0.05, 0) is 12.8 Å². The van der Waals surface area contributed by atoms with E-state index in [1.54, 1.807) is 10.2 Å². The predicted molar refractivity (Wildman–Crippen MR) is 74.4 cm³/mol. The van der Waals surface area contributed by atoms with E-state index in [0.717, 1.165) is 12.8 Å². The highest BCUT2D eigenvalue weighted by molar-refractivity contribution is 5.78. The van der Waals surface area contributed by atoms with Gasteiger partial charge in [0, 0.05) is 19.4 Å². The van der Waals surface area contributed by atoms with Gasteiger partial charge in [-0.3, -0.25) is 9.69 Å². The molecular weight excluding hydrogens is 319 g/mol. The topological polar surface area (TPSA) is 32.1 Å². The summed E-state index contributed by atoms with van der Waals surface area (Å²) >= 11 is 0. The van der Waals surface area contributed by atoms with Gasteiger partial charge < -0.3 is 5.32 Å². The number of hydrogen-bond acceptors (Lipinski definition) is 2. The molecule has 2 atom stereocenters. The smallest absolute Gasteiger partial charge is 0.349 e. The Morgan fingerprint density at radius 3 is 2.48 bits per heavy atom. The Morgan fingerprint density at radius 1 is 1.22 bits per heavy atom. The summed E-state index contributed by atoms with van der Waals surface area (Å²) in [6.45, 7) is -1.50. The highest BCUT2D eigenvalue weighted by Crippen LogP contribution is 2.34. The quantitative estimate of drug-likeness (QED) is 0.334. The number of unbranched alkanes of at least 4 members (excludes halogenated alkanes) is 3. The van der Waals surface area contributed by atoms with Crippen molar-refractivity contribution in [2.75, 3.05) is 19.6 Å². The van der Waals surface area contributed by atoms with E-state index in [2.05, 4.69) is 17.8 Å². The van der Waals surface area contributed by atoms with Crippen molar-refractivity contribution in [3.63, 3.8) is 0 Å². The Balaban J connectivity index is 2.21. The maximum atomic E-state index is 12.6. The van der Waals surface area contributed by atoms with Crippen LogP contribution in [0.15, 0.2) is 0 Å². The minimum Gasteiger partial charge on any atom is -0.349 e. The lowest BCUT2D eigenvalue weighted by atomic mass is 10.2. The van der Waals surface area contributed by atoms with Crippen LogP contribution in [-0.4, -0.2) is 48.6 Å². The van der Waals surface area contributed by atoms with E-state index in [0.29, 0.717) is 19.4 Å². The maximum absolute atomic E-state index is 12.6. The summed E-state index contributed by atoms with van der Waals surface area (Å²) in [6, 6.07) is -0.142. The van der Waals surface area contributed by atoms with Crippen molar-refractivity contribution in [3.05, 3.63) is 0 Å². The monoisotopic (exact) mass is 336 g/mol. The third-order valence-corrected chi connectivity index (χ3v) is 3.13. The summed E-state index contributed by atoms with van der Waals surface area (Å²) in [7, 11) is 0. The Kier molecular flexibility index (Phi) is 6.83. The Bertz CT molecular complexity index is 513. The van der Waals surface area contributed by atoms with Crippen LogP contribution in [0.25, 0.3) is 0 Å². The van der Waals surface area contributed by atoms with Crippen molar-refractivity contribution < 1.29 is 26.7 Å². The molecule has 1 aliphatic rings. The molecule has 1 aliphatic heterocycles. The molecule has 1 N–H and O–H groups in total. The van der Waals surface area contributed by atoms with Gasteiger partial charge in [-0.15, -0.1) is 18.3 Å². The number of nitrogens with zero attached hydrogens (tertiary/aromatic N) is 1. The molecule has 128 valence electrons. The van der Waals surface area contributed by atoms with Gasteiger partial charge in [0.25, 0.3) is 0 Å². The molecule has 0 aromatic carbocycles. The van der Waals surface area contributed by atoms with Crippen LogP contribution in [0.3, 0.4) is 0 Å². The second-order valence-electron chi connectivity index (χ2n) is 5.16. The van der Waals surface area contributed by atoms with Gasteiger partial charge in [-0.25, -0.2) is 0 Å². The van der Waals surface area contributed by atoms with Crippen molar-refractivity contribution >= 4 is 5.91 Å². The summed E-state index contributed by atoms with van der Waals surface area (Å²) < 4.78 is 61.0. The molecule has 0 saturated carbocycles. The average Bonchev–Trinajstić information content (AvgIpc) is 3.17. The molecule has 3 nitrogen and oxygen atoms in total. The summed E-state index contributed by atoms with van der Waals surface area (Å²) in [6.07, 6.45) is 2.56. The third kappa shape index (κ3) is 6.87. The van der Waals surface area contributed by atoms with Crippen LogP contribution in [0.4, 0.5) is 22.0 Å². The van der Waals surface area contributed by atoms with Crippen molar-refractivity contribution in [2.24, 2.45) is 0 Å². The number of alkyl halides is 5. The highest BCUT2D eigenvalue weighted by atomic mass is 19.4. The molecule has 0 spiro atoms. The zero-order valence-corrected chi connectivity index (χ0v) is 12.3. The first kappa shape index (κ1) is 19.2. The summed E-state index contributed by atoms with van der Waals surface area (Å²) in [5.41, 5.74) is 0. The molecule has 0 aromatic rings. The van der Waals surface area contributed by atoms with Gasteiger partial charge in [0.05, 0.1) is 19.1 Å². The van der Waals surface area contributed by atoms with Gasteiger partial charge in [0.1, 0.15) is 0 Å². The van der Waals surface area contributed by atoms with Crippen LogP contribution in [-0.2, 0) is 4.79 Å². The number of hydrogen-bond donors (Lipinski definition) is 1. The molecule has 1 amide bonds. The number of nitrogens with one attached hydrogen (secondary N) is 1. The predicted octanol–water partition coefficient (Wildman–Crippen LogP) is 2.18. The molecule has 2 unspecified atom stereocenters. The standard InChI is InChI=1S/C15H17F5N2O/c1-2-3-4-5-6-7-8-12-9-22(12)10-13(23)21-11-14(16,17)15(18,19)20/h1,12H,3-6,9-11H2,(H,21,23). The second kappa shape index (κ2) is 8.16. The van der Waals surface area contributed by atoms with Crippen LogP contribution < -0.4 is 5.32 Å². The fraction of sp³-hybridized carbons (Fsp3) is 0.667. The fourth-order valence-corrected chi connectivity index (χ4v) is 1.67. The maximum Gasteiger partial charge on any atom is 0.455 e. The summed E-state index contributed by atoms with van der Waals surface area (Å²) in [5, 5.41) is 1.59. The SMILES string of the molecule is C#CCCCCC#CC1CN1CC(=O)NCC(F)(F)C(F)(F)F. The van der Waals surface area contributed by atoms with Gasteiger partial charge in [-0.2, -0.15) is 22.0 Å². The van der Waals surface area contributed by atoms with Crippen molar-refractivity contribution in [2.45, 2.75) is 43.8 Å². The normalized spacial score (nSPS) is 20.2. The molecule has 1 heterocycles. The lowest BCUT2D eigenvalue weighted by Crippen LogP contribution is -2.47. The molecule has 1 rings (SSSR count). The van der Waals surface area contributed by atoms with Crippen LogP contribution in [0.2, 0.25) is 0 Å². The Hall–Kier alpha value is -1.80. The van der Waals surface area contributed by atoms with E-state index in [-0.39, 0.29) is 12.6 Å². The molecule has 1 saturated heterocycles. The molecule has 0 radical (unpaired) electrons. The number of halogens is 5. The van der Waals surface area contributed by atoms with Gasteiger partial charge in [-0.1, -0.05) is 5.92 Å². The van der Waals surface area contributed by atoms with Gasteiger partial charge >= 0.3 is 12.1 Å². The van der Waals surface area contributed by atoms with E-state index in [9.17, 15) is 26.7 Å². The Morgan fingerprint density at radius 2 is 1.87 bits per heavy atom. The van der Waals surface area contributed by atoms with E-state index >= 15 is 0 Å². The molecular formula is C15H17F5N2O. The molecule has 8 heteroatoms. The highest BCUT2D eigenvalue weighted by Gasteiger charge is 2.57. The van der Waals surface area contributed by atoms with Crippen LogP contribution in [0.1, 0.15) is 25.7 Å². The largest absolute Gasteiger partial charge is 0.455 e. The lowest BCUT2D eigenvalue weighted by molar-refractivity contribution is -0.278. The summed E-state index contributed by atoms with van der Waals surface area (Å²) in [5.74, 6) is 2.53. The fourth-order valence-electron chi connectivity index (χ4n) is 1.67. The number of amides is 1. The molecule has 23 heavy (non-hydrogen) atoms. The van der Waals surface area contributed by atoms with E-state index in [4.69, 9.17) is 6.42 Å². The van der Waals surface area contributed by atoms with Crippen molar-refractivity contribution in [3.8, 4) is 24.2 Å². The minimum absolute atomic E-state index is 0.142. The summed E-state index contributed by atoms with van der Waals surface area (Å²) in [4.78, 5) is 12.9. The molecule has 0 bridgehead atoms. The molecule has 0 aromatic heterocycles. The zero-order valence-electron chi connectivity index (χ0n) is 12.3. The minimum atomic E-state index is -5.67. The first-order valence-electron chi connectivity index (χ1n) is 7.04. The van der Waals surface area contributed by atoms with Crippen LogP contribution >= 0.6 is 0 Å². The number of carbonyl (C=O) groups is 1. The van der Waals surface area contributed by atoms with E-state index in [1.807, 2.05) is 0 Å². The Labute approximate surface area is 131 Å². The average molecular weight is 336 g/mol. The third-order valence-electron chi connectivity index (χ3n) is 3.13. The van der Waals surface area contributed by atoms with E-state index in [1.165, 1.54) is 0 Å². The van der Waals surface area contributed by atoms with Crippen molar-refractivity contribution in [1.82, 2.24) is 10.2 Å². The number of rotatable bonds is 7. The lowest BCUT2D eigenvalue weighted by Gasteiger charge is -2.19. The first-order valence-corrected chi connectivity index (χ1v) is 7.04. The first-order chi connectivity index (χ1) is 10.7. The van der Waals surface area contributed by atoms with Crippen LogP contribution in [0, 0.1) is 24.2 Å².